The SMILES string of the molecule is Cc1cc(NC(=O)[C@@H](C)N2Cc3ccccc3C2=O)nc(C)n1. The van der Waals surface area contributed by atoms with E-state index < -0.39 is 6.04 Å². The minimum absolute atomic E-state index is 0.113. The molecule has 3 rings (SSSR count). The molecule has 0 radical (unpaired) electrons. The van der Waals surface area contributed by atoms with Crippen LogP contribution in [0, 0.1) is 13.8 Å². The third-order valence-electron chi connectivity index (χ3n) is 3.91. The van der Waals surface area contributed by atoms with Crippen molar-refractivity contribution in [3.63, 3.8) is 0 Å². The van der Waals surface area contributed by atoms with E-state index in [9.17, 15) is 9.59 Å². The molecule has 118 valence electrons. The largest absolute Gasteiger partial charge is 0.323 e. The summed E-state index contributed by atoms with van der Waals surface area (Å²) in [7, 11) is 0. The van der Waals surface area contributed by atoms with Crippen LogP contribution in [0.25, 0.3) is 0 Å². The van der Waals surface area contributed by atoms with Gasteiger partial charge in [0.15, 0.2) is 0 Å². The second kappa shape index (κ2) is 5.79. The van der Waals surface area contributed by atoms with Crippen LogP contribution >= 0.6 is 0 Å². The average molecular weight is 310 g/mol. The lowest BCUT2D eigenvalue weighted by atomic mass is 10.1. The summed E-state index contributed by atoms with van der Waals surface area (Å²) < 4.78 is 0. The van der Waals surface area contributed by atoms with Gasteiger partial charge >= 0.3 is 0 Å². The van der Waals surface area contributed by atoms with E-state index in [-0.39, 0.29) is 11.8 Å². The number of nitrogens with zero attached hydrogens (tertiary/aromatic N) is 3. The van der Waals surface area contributed by atoms with Gasteiger partial charge in [-0.25, -0.2) is 9.97 Å². The van der Waals surface area contributed by atoms with Crippen molar-refractivity contribution in [2.45, 2.75) is 33.4 Å². The molecule has 0 fully saturated rings. The van der Waals surface area contributed by atoms with Crippen molar-refractivity contribution in [3.8, 4) is 0 Å². The molecule has 1 aliphatic heterocycles. The highest BCUT2D eigenvalue weighted by Gasteiger charge is 2.33. The van der Waals surface area contributed by atoms with E-state index in [0.29, 0.717) is 23.8 Å². The second-order valence-electron chi connectivity index (χ2n) is 5.70. The van der Waals surface area contributed by atoms with Gasteiger partial charge in [-0.3, -0.25) is 9.59 Å². The molecule has 2 amide bonds. The first-order valence-electron chi connectivity index (χ1n) is 7.47. The van der Waals surface area contributed by atoms with Gasteiger partial charge in [0.1, 0.15) is 17.7 Å². The summed E-state index contributed by atoms with van der Waals surface area (Å²) >= 11 is 0. The Morgan fingerprint density at radius 1 is 1.26 bits per heavy atom. The molecule has 1 aliphatic rings. The van der Waals surface area contributed by atoms with Crippen molar-refractivity contribution in [1.29, 1.82) is 0 Å². The van der Waals surface area contributed by atoms with E-state index in [1.165, 1.54) is 0 Å². The summed E-state index contributed by atoms with van der Waals surface area (Å²) in [6.45, 7) is 5.78. The van der Waals surface area contributed by atoms with E-state index in [4.69, 9.17) is 0 Å². The molecule has 0 bridgehead atoms. The fourth-order valence-corrected chi connectivity index (χ4v) is 2.74. The minimum Gasteiger partial charge on any atom is -0.323 e. The van der Waals surface area contributed by atoms with E-state index in [1.807, 2.05) is 25.1 Å². The topological polar surface area (TPSA) is 75.2 Å². The Labute approximate surface area is 134 Å². The van der Waals surface area contributed by atoms with Crippen molar-refractivity contribution in [2.24, 2.45) is 0 Å². The van der Waals surface area contributed by atoms with Crippen LogP contribution in [-0.2, 0) is 11.3 Å². The Morgan fingerprint density at radius 2 is 2.00 bits per heavy atom. The van der Waals surface area contributed by atoms with E-state index in [1.54, 1.807) is 30.9 Å². The fraction of sp³-hybridized carbons (Fsp3) is 0.294. The van der Waals surface area contributed by atoms with Crippen LogP contribution in [0.1, 0.15) is 34.4 Å². The molecule has 0 saturated heterocycles. The molecule has 1 aromatic heterocycles. The Morgan fingerprint density at radius 3 is 2.70 bits per heavy atom. The van der Waals surface area contributed by atoms with Gasteiger partial charge in [0.2, 0.25) is 5.91 Å². The summed E-state index contributed by atoms with van der Waals surface area (Å²) in [6, 6.07) is 8.56. The van der Waals surface area contributed by atoms with E-state index in [0.717, 1.165) is 11.3 Å². The van der Waals surface area contributed by atoms with Gasteiger partial charge < -0.3 is 10.2 Å². The van der Waals surface area contributed by atoms with Crippen molar-refractivity contribution in [3.05, 3.63) is 53.0 Å². The zero-order chi connectivity index (χ0) is 16.6. The molecule has 0 saturated carbocycles. The molecule has 6 heteroatoms. The molecule has 0 aliphatic carbocycles. The van der Waals surface area contributed by atoms with Crippen LogP contribution in [0.5, 0.6) is 0 Å². The highest BCUT2D eigenvalue weighted by Crippen LogP contribution is 2.24. The number of hydrogen-bond donors (Lipinski definition) is 1. The molecule has 2 heterocycles. The number of carbonyl (C=O) groups excluding carboxylic acids is 2. The average Bonchev–Trinajstić information content (AvgIpc) is 2.83. The van der Waals surface area contributed by atoms with Gasteiger partial charge in [0.05, 0.1) is 0 Å². The molecule has 0 unspecified atom stereocenters. The van der Waals surface area contributed by atoms with Crippen LogP contribution in [0.3, 0.4) is 0 Å². The maximum absolute atomic E-state index is 12.5. The van der Waals surface area contributed by atoms with Crippen LogP contribution < -0.4 is 5.32 Å². The summed E-state index contributed by atoms with van der Waals surface area (Å²) in [4.78, 5) is 34.8. The number of amides is 2. The molecule has 0 spiro atoms. The predicted octanol–water partition coefficient (Wildman–Crippen LogP) is 2.08. The number of rotatable bonds is 3. The van der Waals surface area contributed by atoms with Crippen LogP contribution in [0.2, 0.25) is 0 Å². The Kier molecular flexibility index (Phi) is 3.82. The molecule has 6 nitrogen and oxygen atoms in total. The summed E-state index contributed by atoms with van der Waals surface area (Å²) in [6.07, 6.45) is 0. The minimum atomic E-state index is -0.578. The Bertz CT molecular complexity index is 768. The van der Waals surface area contributed by atoms with Crippen molar-refractivity contribution in [1.82, 2.24) is 14.9 Å². The second-order valence-corrected chi connectivity index (χ2v) is 5.70. The number of aryl methyl sites for hydroxylation is 2. The number of carbonyl (C=O) groups is 2. The molecular weight excluding hydrogens is 292 g/mol. The predicted molar refractivity (Wildman–Crippen MR) is 85.9 cm³/mol. The third-order valence-corrected chi connectivity index (χ3v) is 3.91. The van der Waals surface area contributed by atoms with Crippen LogP contribution in [0.15, 0.2) is 30.3 Å². The fourth-order valence-electron chi connectivity index (χ4n) is 2.74. The van der Waals surface area contributed by atoms with Gasteiger partial charge in [0.25, 0.3) is 5.91 Å². The van der Waals surface area contributed by atoms with E-state index in [2.05, 4.69) is 15.3 Å². The maximum Gasteiger partial charge on any atom is 0.255 e. The standard InChI is InChI=1S/C17H18N4O2/c1-10-8-15(19-12(3)18-10)20-16(22)11(2)21-9-13-6-4-5-7-14(13)17(21)23/h4-8,11H,9H2,1-3H3,(H,18,19,20,22)/t11-/m1/s1. The highest BCUT2D eigenvalue weighted by atomic mass is 16.2. The van der Waals surface area contributed by atoms with Crippen molar-refractivity contribution < 1.29 is 9.59 Å². The first-order chi connectivity index (χ1) is 11.0. The quantitative estimate of drug-likeness (QED) is 0.942. The molecule has 1 N–H and O–H groups in total. The molecule has 1 atom stereocenters. The van der Waals surface area contributed by atoms with Gasteiger partial charge in [0, 0.05) is 23.9 Å². The zero-order valence-corrected chi connectivity index (χ0v) is 13.3. The first-order valence-corrected chi connectivity index (χ1v) is 7.47. The molecule has 2 aromatic rings. The van der Waals surface area contributed by atoms with Crippen molar-refractivity contribution in [2.75, 3.05) is 5.32 Å². The molecule has 1 aromatic carbocycles. The Hall–Kier alpha value is -2.76. The van der Waals surface area contributed by atoms with E-state index >= 15 is 0 Å². The number of aromatic nitrogens is 2. The summed E-state index contributed by atoms with van der Waals surface area (Å²) in [5.74, 6) is 0.676. The molecular formula is C17H18N4O2. The lowest BCUT2D eigenvalue weighted by Crippen LogP contribution is -2.42. The lowest BCUT2D eigenvalue weighted by molar-refractivity contribution is -0.120. The number of hydrogen-bond acceptors (Lipinski definition) is 4. The van der Waals surface area contributed by atoms with Gasteiger partial charge in [-0.05, 0) is 32.4 Å². The smallest absolute Gasteiger partial charge is 0.255 e. The first kappa shape index (κ1) is 15.1. The van der Waals surface area contributed by atoms with Gasteiger partial charge in [-0.15, -0.1) is 0 Å². The maximum atomic E-state index is 12.5. The number of nitrogens with one attached hydrogen (secondary N) is 1. The number of anilines is 1. The van der Waals surface area contributed by atoms with Crippen molar-refractivity contribution >= 4 is 17.6 Å². The number of benzene rings is 1. The third kappa shape index (κ3) is 2.92. The van der Waals surface area contributed by atoms with Gasteiger partial charge in [-0.2, -0.15) is 0 Å². The summed E-state index contributed by atoms with van der Waals surface area (Å²) in [5.41, 5.74) is 2.40. The lowest BCUT2D eigenvalue weighted by Gasteiger charge is -2.23. The normalized spacial score (nSPS) is 14.6. The molecule has 23 heavy (non-hydrogen) atoms. The number of fused-ring (bicyclic) bond motifs is 1. The Balaban J connectivity index is 1.75. The summed E-state index contributed by atoms with van der Waals surface area (Å²) in [5, 5.41) is 2.76. The zero-order valence-electron chi connectivity index (χ0n) is 13.3. The van der Waals surface area contributed by atoms with Crippen LogP contribution in [-0.4, -0.2) is 32.7 Å². The highest BCUT2D eigenvalue weighted by molar-refractivity contribution is 6.03. The van der Waals surface area contributed by atoms with Gasteiger partial charge in [-0.1, -0.05) is 18.2 Å². The monoisotopic (exact) mass is 310 g/mol. The van der Waals surface area contributed by atoms with Crippen LogP contribution in [0.4, 0.5) is 5.82 Å².